The van der Waals surface area contributed by atoms with E-state index in [4.69, 9.17) is 4.74 Å². The number of esters is 1. The molecule has 0 saturated heterocycles. The number of rotatable bonds is 4. The van der Waals surface area contributed by atoms with Gasteiger partial charge < -0.3 is 15.2 Å². The first-order chi connectivity index (χ1) is 13.4. The maximum Gasteiger partial charge on any atom is 0.354 e. The molecule has 2 aromatic heterocycles. The molecule has 3 fully saturated rings. The predicted molar refractivity (Wildman–Crippen MR) is 97.0 cm³/mol. The van der Waals surface area contributed by atoms with Gasteiger partial charge >= 0.3 is 18.0 Å². The van der Waals surface area contributed by atoms with Crippen LogP contribution in [0.5, 0.6) is 0 Å². The van der Waals surface area contributed by atoms with Gasteiger partial charge in [-0.25, -0.2) is 14.6 Å². The molecule has 148 valence electrons. The summed E-state index contributed by atoms with van der Waals surface area (Å²) >= 11 is 0. The zero-order valence-corrected chi connectivity index (χ0v) is 15.4. The van der Waals surface area contributed by atoms with Gasteiger partial charge in [0.2, 0.25) is 0 Å². The summed E-state index contributed by atoms with van der Waals surface area (Å²) in [4.78, 5) is 40.0. The molecule has 10 heteroatoms. The second kappa shape index (κ2) is 6.47. The smallest absolute Gasteiger partial charge is 0.354 e. The number of carboxylic acid groups (broad SMARTS) is 1. The Hall–Kier alpha value is -3.17. The molecule has 3 N–H and O–H groups in total. The molecule has 0 atom stereocenters. The Morgan fingerprint density at radius 2 is 1.86 bits per heavy atom. The van der Waals surface area contributed by atoms with Crippen LogP contribution in [0.1, 0.15) is 49.0 Å². The van der Waals surface area contributed by atoms with Gasteiger partial charge in [0.25, 0.3) is 0 Å². The van der Waals surface area contributed by atoms with Crippen LogP contribution in [-0.2, 0) is 9.53 Å². The fourth-order valence-electron chi connectivity index (χ4n) is 4.40. The lowest BCUT2D eigenvalue weighted by atomic mass is 9.57. The lowest BCUT2D eigenvalue weighted by Gasteiger charge is -2.51. The molecule has 3 saturated carbocycles. The SMILES string of the molecule is COC(=O)C12CCC(NC(=O)Nc3cc(C(=O)O)nc4ccnn34)(CC1)CC2. The second-order valence-corrected chi connectivity index (χ2v) is 7.56. The number of amides is 2. The van der Waals surface area contributed by atoms with Crippen molar-refractivity contribution in [2.24, 2.45) is 5.41 Å². The topological polar surface area (TPSA) is 135 Å². The average Bonchev–Trinajstić information content (AvgIpc) is 3.17. The summed E-state index contributed by atoms with van der Waals surface area (Å²) in [6.07, 6.45) is 5.62. The summed E-state index contributed by atoms with van der Waals surface area (Å²) in [5.41, 5.74) is -0.644. The molecule has 0 unspecified atom stereocenters. The Labute approximate surface area is 160 Å². The monoisotopic (exact) mass is 387 g/mol. The van der Waals surface area contributed by atoms with E-state index in [0.29, 0.717) is 44.2 Å². The highest BCUT2D eigenvalue weighted by Gasteiger charge is 2.53. The van der Waals surface area contributed by atoms with Crippen molar-refractivity contribution in [1.82, 2.24) is 19.9 Å². The highest BCUT2D eigenvalue weighted by atomic mass is 16.5. The number of carbonyl (C=O) groups is 3. The van der Waals surface area contributed by atoms with Crippen molar-refractivity contribution >= 4 is 29.4 Å². The third-order valence-electron chi connectivity index (χ3n) is 6.06. The number of nitrogens with zero attached hydrogens (tertiary/aromatic N) is 3. The summed E-state index contributed by atoms with van der Waals surface area (Å²) in [6, 6.07) is 2.39. The van der Waals surface area contributed by atoms with E-state index in [1.165, 1.54) is 23.9 Å². The Bertz CT molecular complexity index is 944. The molecule has 10 nitrogen and oxygen atoms in total. The molecular weight excluding hydrogens is 366 g/mol. The van der Waals surface area contributed by atoms with Crippen molar-refractivity contribution in [2.75, 3.05) is 12.4 Å². The first-order valence-corrected chi connectivity index (χ1v) is 9.12. The van der Waals surface area contributed by atoms with E-state index in [-0.39, 0.29) is 23.0 Å². The molecule has 5 rings (SSSR count). The quantitative estimate of drug-likeness (QED) is 0.681. The van der Waals surface area contributed by atoms with Crippen molar-refractivity contribution in [3.8, 4) is 0 Å². The highest BCUT2D eigenvalue weighted by molar-refractivity contribution is 5.92. The molecule has 0 aliphatic heterocycles. The van der Waals surface area contributed by atoms with Crippen LogP contribution in [0.4, 0.5) is 10.6 Å². The third kappa shape index (κ3) is 2.94. The van der Waals surface area contributed by atoms with Gasteiger partial charge in [0, 0.05) is 17.7 Å². The number of nitrogens with one attached hydrogen (secondary N) is 2. The summed E-state index contributed by atoms with van der Waals surface area (Å²) in [5.74, 6) is -1.13. The molecule has 0 aromatic carbocycles. The average molecular weight is 387 g/mol. The van der Waals surface area contributed by atoms with Crippen LogP contribution in [0.25, 0.3) is 5.65 Å². The van der Waals surface area contributed by atoms with Crippen LogP contribution in [0, 0.1) is 5.41 Å². The first kappa shape index (κ1) is 18.2. The number of ether oxygens (including phenoxy) is 1. The zero-order chi connectivity index (χ0) is 19.9. The normalized spacial score (nSPS) is 26.0. The Morgan fingerprint density at radius 1 is 1.18 bits per heavy atom. The largest absolute Gasteiger partial charge is 0.477 e. The van der Waals surface area contributed by atoms with Gasteiger partial charge in [-0.3, -0.25) is 10.1 Å². The van der Waals surface area contributed by atoms with Crippen molar-refractivity contribution in [3.63, 3.8) is 0 Å². The van der Waals surface area contributed by atoms with Crippen LogP contribution in [-0.4, -0.2) is 50.3 Å². The van der Waals surface area contributed by atoms with Crippen LogP contribution in [0.15, 0.2) is 18.3 Å². The molecule has 3 aliphatic rings. The minimum Gasteiger partial charge on any atom is -0.477 e. The zero-order valence-electron chi connectivity index (χ0n) is 15.4. The van der Waals surface area contributed by atoms with Crippen molar-refractivity contribution in [3.05, 3.63) is 24.0 Å². The van der Waals surface area contributed by atoms with E-state index < -0.39 is 17.4 Å². The van der Waals surface area contributed by atoms with E-state index in [1.807, 2.05) is 0 Å². The van der Waals surface area contributed by atoms with Gasteiger partial charge in [0.1, 0.15) is 5.82 Å². The second-order valence-electron chi connectivity index (χ2n) is 7.56. The number of carboxylic acids is 1. The number of methoxy groups -OCH3 is 1. The Morgan fingerprint density at radius 3 is 2.46 bits per heavy atom. The van der Waals surface area contributed by atoms with Gasteiger partial charge in [0.15, 0.2) is 11.3 Å². The van der Waals surface area contributed by atoms with E-state index >= 15 is 0 Å². The Balaban J connectivity index is 1.49. The molecule has 2 amide bonds. The summed E-state index contributed by atoms with van der Waals surface area (Å²) in [5, 5.41) is 19.0. The van der Waals surface area contributed by atoms with Gasteiger partial charge in [0.05, 0.1) is 18.7 Å². The summed E-state index contributed by atoms with van der Waals surface area (Å²) in [6.45, 7) is 0. The van der Waals surface area contributed by atoms with Gasteiger partial charge in [-0.2, -0.15) is 9.61 Å². The molecule has 0 radical (unpaired) electrons. The fraction of sp³-hybridized carbons (Fsp3) is 0.500. The van der Waals surface area contributed by atoms with Crippen molar-refractivity contribution in [2.45, 2.75) is 44.1 Å². The lowest BCUT2D eigenvalue weighted by Crippen LogP contribution is -2.59. The first-order valence-electron chi connectivity index (χ1n) is 9.12. The number of aromatic carboxylic acids is 1. The third-order valence-corrected chi connectivity index (χ3v) is 6.06. The number of carbonyl (C=O) groups excluding carboxylic acids is 2. The van der Waals surface area contributed by atoms with Crippen molar-refractivity contribution < 1.29 is 24.2 Å². The standard InChI is InChI=1S/C18H21N5O5/c1-28-15(26)17-3-6-18(7-4-17,8-5-17)22-16(27)21-13-10-11(14(24)25)20-12-2-9-19-23(12)13/h2,9-10H,3-8H2,1H3,(H,24,25)(H2,21,22,27). The number of hydrogen-bond donors (Lipinski definition) is 3. The van der Waals surface area contributed by atoms with Gasteiger partial charge in [-0.05, 0) is 38.5 Å². The highest BCUT2D eigenvalue weighted by Crippen LogP contribution is 2.52. The van der Waals surface area contributed by atoms with Crippen LogP contribution in [0.2, 0.25) is 0 Å². The number of fused-ring (bicyclic) bond motifs is 4. The lowest BCUT2D eigenvalue weighted by molar-refractivity contribution is -0.160. The van der Waals surface area contributed by atoms with E-state index in [2.05, 4.69) is 20.7 Å². The van der Waals surface area contributed by atoms with Gasteiger partial charge in [-0.15, -0.1) is 0 Å². The molecule has 2 bridgehead atoms. The number of aromatic nitrogens is 3. The summed E-state index contributed by atoms with van der Waals surface area (Å²) in [7, 11) is 1.41. The number of anilines is 1. The maximum atomic E-state index is 12.7. The van der Waals surface area contributed by atoms with Crippen molar-refractivity contribution in [1.29, 1.82) is 0 Å². The molecule has 3 aliphatic carbocycles. The molecule has 28 heavy (non-hydrogen) atoms. The molecular formula is C18H21N5O5. The molecule has 2 heterocycles. The van der Waals surface area contributed by atoms with E-state index in [0.717, 1.165) is 0 Å². The molecule has 0 spiro atoms. The van der Waals surface area contributed by atoms with Crippen LogP contribution < -0.4 is 10.6 Å². The van der Waals surface area contributed by atoms with E-state index in [9.17, 15) is 19.5 Å². The minimum atomic E-state index is -1.19. The van der Waals surface area contributed by atoms with Crippen LogP contribution in [0.3, 0.4) is 0 Å². The minimum absolute atomic E-state index is 0.163. The Kier molecular flexibility index (Phi) is 4.20. The number of hydrogen-bond acceptors (Lipinski definition) is 6. The summed E-state index contributed by atoms with van der Waals surface area (Å²) < 4.78 is 6.33. The fourth-order valence-corrected chi connectivity index (χ4v) is 4.40. The predicted octanol–water partition coefficient (Wildman–Crippen LogP) is 1.81. The van der Waals surface area contributed by atoms with E-state index in [1.54, 1.807) is 6.07 Å². The number of urea groups is 1. The molecule has 2 aromatic rings. The maximum absolute atomic E-state index is 12.7. The van der Waals surface area contributed by atoms with Gasteiger partial charge in [-0.1, -0.05) is 0 Å². The van der Waals surface area contributed by atoms with Crippen LogP contribution >= 0.6 is 0 Å².